The van der Waals surface area contributed by atoms with Crippen molar-refractivity contribution in [1.82, 2.24) is 25.0 Å². The lowest BCUT2D eigenvalue weighted by atomic mass is 9.95. The van der Waals surface area contributed by atoms with Crippen LogP contribution in [0.2, 0.25) is 0 Å². The number of aromatic nitrogens is 3. The molecular formula is C27H26F5N7O2S2. The van der Waals surface area contributed by atoms with Gasteiger partial charge in [-0.1, -0.05) is 11.3 Å². The fourth-order valence-electron chi connectivity index (χ4n) is 6.17. The van der Waals surface area contributed by atoms with Crippen molar-refractivity contribution in [3.63, 3.8) is 0 Å². The van der Waals surface area contributed by atoms with Crippen LogP contribution in [0.3, 0.4) is 0 Å². The second-order valence-corrected chi connectivity index (χ2v) is 13.8. The van der Waals surface area contributed by atoms with Crippen molar-refractivity contribution in [2.24, 2.45) is 0 Å². The molecule has 0 spiro atoms. The number of ether oxygens (including phenoxy) is 1. The van der Waals surface area contributed by atoms with Crippen LogP contribution in [0.5, 0.6) is 6.01 Å². The number of thiazole rings is 1. The van der Waals surface area contributed by atoms with Crippen LogP contribution in [0.1, 0.15) is 31.7 Å². The van der Waals surface area contributed by atoms with Gasteiger partial charge < -0.3 is 25.2 Å². The summed E-state index contributed by atoms with van der Waals surface area (Å²) in [5.41, 5.74) is 2.22. The minimum absolute atomic E-state index is 0.00227. The molecule has 4 atom stereocenters. The average Bonchev–Trinajstić information content (AvgIpc) is 3.62. The van der Waals surface area contributed by atoms with Crippen molar-refractivity contribution in [3.8, 4) is 17.1 Å². The summed E-state index contributed by atoms with van der Waals surface area (Å²) in [6, 6.07) is 2.88. The van der Waals surface area contributed by atoms with Crippen LogP contribution >= 0.6 is 11.3 Å². The smallest absolute Gasteiger partial charge is 0.417 e. The van der Waals surface area contributed by atoms with Gasteiger partial charge in [-0.15, -0.1) is 4.72 Å². The van der Waals surface area contributed by atoms with Gasteiger partial charge in [-0.05, 0) is 38.0 Å². The SMILES string of the molecule is CC1(COc2nc(N3CC4CCC(C3)N4)c3cc(C(F)(F)F)c(-c4ccc(F)c5sc(N)nc45)c(F)c3n2)CC[S+]([O-])N1. The molecule has 3 fully saturated rings. The van der Waals surface area contributed by atoms with E-state index in [9.17, 15) is 22.1 Å². The topological polar surface area (TPSA) is 124 Å². The molecule has 3 saturated heterocycles. The normalized spacial score (nSPS) is 25.7. The fraction of sp³-hybridized carbons (Fsp3) is 0.444. The number of alkyl halides is 3. The molecule has 2 bridgehead atoms. The molecule has 4 N–H and O–H groups in total. The Morgan fingerprint density at radius 1 is 1.16 bits per heavy atom. The summed E-state index contributed by atoms with van der Waals surface area (Å²) < 4.78 is 96.0. The van der Waals surface area contributed by atoms with Crippen molar-refractivity contribution in [1.29, 1.82) is 0 Å². The van der Waals surface area contributed by atoms with Gasteiger partial charge in [0.05, 0.1) is 21.3 Å². The first-order valence-corrected chi connectivity index (χ1v) is 15.8. The molecule has 9 nitrogen and oxygen atoms in total. The zero-order valence-electron chi connectivity index (χ0n) is 22.7. The molecule has 228 valence electrons. The monoisotopic (exact) mass is 639 g/mol. The molecule has 3 aliphatic heterocycles. The van der Waals surface area contributed by atoms with Gasteiger partial charge in [0.1, 0.15) is 29.5 Å². The average molecular weight is 640 g/mol. The summed E-state index contributed by atoms with van der Waals surface area (Å²) in [5.74, 6) is -1.43. The van der Waals surface area contributed by atoms with Crippen LogP contribution in [0.15, 0.2) is 18.2 Å². The van der Waals surface area contributed by atoms with Crippen LogP contribution in [-0.2, 0) is 17.5 Å². The summed E-state index contributed by atoms with van der Waals surface area (Å²) >= 11 is -0.465. The Bertz CT molecular complexity index is 1740. The van der Waals surface area contributed by atoms with E-state index in [2.05, 4.69) is 25.0 Å². The Balaban J connectivity index is 1.44. The summed E-state index contributed by atoms with van der Waals surface area (Å²) in [6.45, 7) is 2.74. The van der Waals surface area contributed by atoms with Gasteiger partial charge in [0.15, 0.2) is 10.9 Å². The Morgan fingerprint density at radius 2 is 1.91 bits per heavy atom. The fourth-order valence-corrected chi connectivity index (χ4v) is 8.38. The number of nitrogens with zero attached hydrogens (tertiary/aromatic N) is 4. The number of halogens is 5. The third-order valence-corrected chi connectivity index (χ3v) is 10.4. The van der Waals surface area contributed by atoms with Crippen LogP contribution in [0.4, 0.5) is 32.9 Å². The molecule has 2 aromatic carbocycles. The molecule has 0 saturated carbocycles. The number of rotatable bonds is 5. The van der Waals surface area contributed by atoms with Gasteiger partial charge in [-0.3, -0.25) is 0 Å². The van der Waals surface area contributed by atoms with E-state index in [0.717, 1.165) is 42.4 Å². The van der Waals surface area contributed by atoms with Gasteiger partial charge in [-0.25, -0.2) is 13.8 Å². The van der Waals surface area contributed by atoms with Gasteiger partial charge in [0.25, 0.3) is 0 Å². The third kappa shape index (κ3) is 5.12. The maximum atomic E-state index is 16.7. The standard InChI is InChI=1S/C27H26F5N7O2S2/c1-26(6-7-43(40)38-26)11-41-25-36-20-15(23(37-25)39-9-12-2-3-13(10-39)34-12)8-16(27(30,31)32)18(19(20)29)14-4-5-17(28)22-21(14)35-24(33)42-22/h4-5,8,12-13,34,38H,2-3,6-7,9-11H2,1H3,(H2,33,35). The maximum Gasteiger partial charge on any atom is 0.417 e. The molecule has 0 amide bonds. The molecule has 16 heteroatoms. The number of hydrogen-bond donors (Lipinski definition) is 3. The number of nitrogens with two attached hydrogens (primary N) is 1. The van der Waals surface area contributed by atoms with E-state index in [1.54, 1.807) is 0 Å². The molecule has 4 unspecified atom stereocenters. The van der Waals surface area contributed by atoms with Crippen molar-refractivity contribution >= 4 is 54.8 Å². The highest BCUT2D eigenvalue weighted by Gasteiger charge is 2.41. The molecule has 43 heavy (non-hydrogen) atoms. The van der Waals surface area contributed by atoms with Crippen molar-refractivity contribution in [3.05, 3.63) is 35.4 Å². The first-order chi connectivity index (χ1) is 20.4. The number of nitrogen functional groups attached to an aromatic ring is 1. The minimum atomic E-state index is -4.99. The predicted octanol–water partition coefficient (Wildman–Crippen LogP) is 4.52. The largest absolute Gasteiger partial charge is 0.598 e. The molecule has 3 aliphatic rings. The van der Waals surface area contributed by atoms with E-state index in [1.165, 1.54) is 0 Å². The molecule has 0 aliphatic carbocycles. The molecule has 7 rings (SSSR count). The van der Waals surface area contributed by atoms with E-state index in [0.29, 0.717) is 25.3 Å². The molecular weight excluding hydrogens is 613 g/mol. The first-order valence-electron chi connectivity index (χ1n) is 13.6. The lowest BCUT2D eigenvalue weighted by molar-refractivity contribution is -0.137. The third-order valence-electron chi connectivity index (χ3n) is 8.21. The van der Waals surface area contributed by atoms with Crippen molar-refractivity contribution in [2.75, 3.05) is 36.1 Å². The zero-order valence-corrected chi connectivity index (χ0v) is 24.4. The Morgan fingerprint density at radius 3 is 2.58 bits per heavy atom. The number of nitrogens with one attached hydrogen (secondary N) is 2. The van der Waals surface area contributed by atoms with Crippen LogP contribution in [0, 0.1) is 11.6 Å². The van der Waals surface area contributed by atoms with Gasteiger partial charge in [0.2, 0.25) is 0 Å². The number of piperazine rings is 1. The number of benzene rings is 2. The predicted molar refractivity (Wildman–Crippen MR) is 154 cm³/mol. The second-order valence-electron chi connectivity index (χ2n) is 11.5. The lowest BCUT2D eigenvalue weighted by Gasteiger charge is -2.34. The van der Waals surface area contributed by atoms with E-state index >= 15 is 4.39 Å². The van der Waals surface area contributed by atoms with E-state index in [-0.39, 0.29) is 62.3 Å². The van der Waals surface area contributed by atoms with Gasteiger partial charge in [0, 0.05) is 59.5 Å². The Kier molecular flexibility index (Phi) is 6.85. The molecule has 2 aromatic heterocycles. The Labute approximate surface area is 249 Å². The molecule has 4 aromatic rings. The van der Waals surface area contributed by atoms with Crippen LogP contribution in [0.25, 0.3) is 32.2 Å². The van der Waals surface area contributed by atoms with Crippen LogP contribution in [-0.4, -0.2) is 62.6 Å². The summed E-state index contributed by atoms with van der Waals surface area (Å²) in [6.07, 6.45) is -2.64. The highest BCUT2D eigenvalue weighted by molar-refractivity contribution is 7.89. The highest BCUT2D eigenvalue weighted by Crippen LogP contribution is 2.46. The van der Waals surface area contributed by atoms with E-state index in [4.69, 9.17) is 10.5 Å². The summed E-state index contributed by atoms with van der Waals surface area (Å²) in [5, 5.41) is 3.28. The quantitative estimate of drug-likeness (QED) is 0.214. The lowest BCUT2D eigenvalue weighted by Crippen LogP contribution is -2.51. The number of anilines is 2. The summed E-state index contributed by atoms with van der Waals surface area (Å²) in [4.78, 5) is 14.7. The van der Waals surface area contributed by atoms with Crippen LogP contribution < -0.4 is 25.4 Å². The first kappa shape index (κ1) is 28.7. The number of hydrogen-bond acceptors (Lipinski definition) is 10. The molecule has 5 heterocycles. The van der Waals surface area contributed by atoms with Crippen molar-refractivity contribution in [2.45, 2.75) is 50.0 Å². The summed E-state index contributed by atoms with van der Waals surface area (Å²) in [7, 11) is 0. The van der Waals surface area contributed by atoms with E-state index in [1.807, 2.05) is 11.8 Å². The maximum absolute atomic E-state index is 16.7. The molecule has 0 radical (unpaired) electrons. The van der Waals surface area contributed by atoms with Gasteiger partial charge in [-0.2, -0.15) is 23.1 Å². The Hall–Kier alpha value is -3.05. The highest BCUT2D eigenvalue weighted by atomic mass is 32.2. The van der Waals surface area contributed by atoms with Crippen molar-refractivity contribution < 1.29 is 31.2 Å². The number of fused-ring (bicyclic) bond motifs is 4. The van der Waals surface area contributed by atoms with E-state index < -0.39 is 45.8 Å². The zero-order chi connectivity index (χ0) is 30.3. The minimum Gasteiger partial charge on any atom is -0.598 e. The van der Waals surface area contributed by atoms with Gasteiger partial charge >= 0.3 is 12.2 Å². The second kappa shape index (κ2) is 10.3.